The topological polar surface area (TPSA) is 84.7 Å². The van der Waals surface area contributed by atoms with Gasteiger partial charge in [-0.15, -0.1) is 0 Å². The highest BCUT2D eigenvalue weighted by Gasteiger charge is 2.08. The molecule has 0 saturated carbocycles. The number of benzene rings is 1. The molecule has 0 saturated heterocycles. The van der Waals surface area contributed by atoms with E-state index in [1.807, 2.05) is 6.92 Å². The van der Waals surface area contributed by atoms with Crippen LogP contribution in [0.3, 0.4) is 0 Å². The number of carbonyl (C=O) groups excluding carboxylic acids is 2. The number of ether oxygens (including phenoxy) is 1. The maximum absolute atomic E-state index is 11.5. The highest BCUT2D eigenvalue weighted by atomic mass is 16.5. The molecule has 1 aromatic rings. The van der Waals surface area contributed by atoms with Crippen molar-refractivity contribution in [1.82, 2.24) is 10.2 Å². The second kappa shape index (κ2) is 8.04. The van der Waals surface area contributed by atoms with E-state index in [0.29, 0.717) is 18.0 Å². The van der Waals surface area contributed by atoms with E-state index < -0.39 is 0 Å². The lowest BCUT2D eigenvalue weighted by Gasteiger charge is -2.14. The van der Waals surface area contributed by atoms with Gasteiger partial charge in [0.2, 0.25) is 11.8 Å². The van der Waals surface area contributed by atoms with E-state index in [1.165, 1.54) is 0 Å². The van der Waals surface area contributed by atoms with Gasteiger partial charge >= 0.3 is 0 Å². The van der Waals surface area contributed by atoms with Crippen LogP contribution in [-0.4, -0.2) is 43.5 Å². The molecule has 2 amide bonds. The Morgan fingerprint density at radius 2 is 1.95 bits per heavy atom. The Hall–Kier alpha value is -2.24. The highest BCUT2D eigenvalue weighted by molar-refractivity contribution is 5.84. The third-order valence-electron chi connectivity index (χ3n) is 2.81. The molecule has 1 rings (SSSR count). The SMILES string of the molecule is CCN(C)C(=O)CNC(=O)CCOc1ccc(N)cc1. The van der Waals surface area contributed by atoms with E-state index >= 15 is 0 Å². The first-order valence-electron chi connectivity index (χ1n) is 6.52. The molecule has 0 aliphatic heterocycles. The highest BCUT2D eigenvalue weighted by Crippen LogP contribution is 2.12. The Kier molecular flexibility index (Phi) is 6.36. The number of carbonyl (C=O) groups is 2. The summed E-state index contributed by atoms with van der Waals surface area (Å²) in [6, 6.07) is 6.95. The Bertz CT molecular complexity index is 445. The standard InChI is InChI=1S/C14H21N3O3/c1-3-17(2)14(19)10-16-13(18)8-9-20-12-6-4-11(15)5-7-12/h4-7H,3,8-10,15H2,1-2H3,(H,16,18). The zero-order chi connectivity index (χ0) is 15.0. The van der Waals surface area contributed by atoms with Gasteiger partial charge < -0.3 is 20.7 Å². The zero-order valence-corrected chi connectivity index (χ0v) is 11.9. The Labute approximate surface area is 118 Å². The molecule has 0 radical (unpaired) electrons. The van der Waals surface area contributed by atoms with Crippen LogP contribution in [0.15, 0.2) is 24.3 Å². The van der Waals surface area contributed by atoms with Crippen molar-refractivity contribution in [1.29, 1.82) is 0 Å². The van der Waals surface area contributed by atoms with E-state index in [2.05, 4.69) is 5.32 Å². The third-order valence-corrected chi connectivity index (χ3v) is 2.81. The van der Waals surface area contributed by atoms with E-state index in [9.17, 15) is 9.59 Å². The van der Waals surface area contributed by atoms with Gasteiger partial charge in [-0.1, -0.05) is 0 Å². The normalized spacial score (nSPS) is 9.90. The van der Waals surface area contributed by atoms with Gasteiger partial charge in [0, 0.05) is 19.3 Å². The molecule has 0 unspecified atom stereocenters. The van der Waals surface area contributed by atoms with Crippen molar-refractivity contribution in [3.8, 4) is 5.75 Å². The molecule has 6 nitrogen and oxygen atoms in total. The summed E-state index contributed by atoms with van der Waals surface area (Å²) in [6.07, 6.45) is 0.202. The molecule has 0 aromatic heterocycles. The van der Waals surface area contributed by atoms with Crippen molar-refractivity contribution >= 4 is 17.5 Å². The Morgan fingerprint density at radius 3 is 2.55 bits per heavy atom. The molecule has 3 N–H and O–H groups in total. The lowest BCUT2D eigenvalue weighted by atomic mass is 10.3. The van der Waals surface area contributed by atoms with Crippen LogP contribution in [-0.2, 0) is 9.59 Å². The van der Waals surface area contributed by atoms with Gasteiger partial charge in [-0.05, 0) is 31.2 Å². The van der Waals surface area contributed by atoms with Gasteiger partial charge in [-0.25, -0.2) is 0 Å². The fourth-order valence-corrected chi connectivity index (χ4v) is 1.40. The fraction of sp³-hybridized carbons (Fsp3) is 0.429. The number of hydrogen-bond donors (Lipinski definition) is 2. The molecule has 110 valence electrons. The summed E-state index contributed by atoms with van der Waals surface area (Å²) in [5.74, 6) is 0.340. The second-order valence-corrected chi connectivity index (χ2v) is 4.35. The van der Waals surface area contributed by atoms with Crippen LogP contribution in [0.5, 0.6) is 5.75 Å². The predicted molar refractivity (Wildman–Crippen MR) is 77.3 cm³/mol. The molecule has 0 aliphatic carbocycles. The molecular formula is C14H21N3O3. The minimum absolute atomic E-state index is 0.0189. The first-order valence-corrected chi connectivity index (χ1v) is 6.52. The summed E-state index contributed by atoms with van der Waals surface area (Å²) in [5, 5.41) is 2.56. The first kappa shape index (κ1) is 15.8. The van der Waals surface area contributed by atoms with Crippen LogP contribution in [0.25, 0.3) is 0 Å². The lowest BCUT2D eigenvalue weighted by molar-refractivity contribution is -0.131. The van der Waals surface area contributed by atoms with Gasteiger partial charge in [0.1, 0.15) is 5.75 Å². The summed E-state index contributed by atoms with van der Waals surface area (Å²) in [6.45, 7) is 2.77. The van der Waals surface area contributed by atoms with Crippen molar-refractivity contribution in [3.05, 3.63) is 24.3 Å². The van der Waals surface area contributed by atoms with Gasteiger partial charge in [0.15, 0.2) is 0 Å². The number of hydrogen-bond acceptors (Lipinski definition) is 4. The first-order chi connectivity index (χ1) is 9.52. The number of nitrogen functional groups attached to an aromatic ring is 1. The van der Waals surface area contributed by atoms with E-state index in [0.717, 1.165) is 0 Å². The van der Waals surface area contributed by atoms with Crippen LogP contribution in [0.4, 0.5) is 5.69 Å². The van der Waals surface area contributed by atoms with Gasteiger partial charge in [-0.3, -0.25) is 9.59 Å². The maximum atomic E-state index is 11.5. The van der Waals surface area contributed by atoms with Gasteiger partial charge in [0.25, 0.3) is 0 Å². The molecule has 0 fully saturated rings. The number of nitrogens with two attached hydrogens (primary N) is 1. The lowest BCUT2D eigenvalue weighted by Crippen LogP contribution is -2.38. The van der Waals surface area contributed by atoms with Crippen LogP contribution in [0, 0.1) is 0 Å². The van der Waals surface area contributed by atoms with Crippen LogP contribution < -0.4 is 15.8 Å². The Morgan fingerprint density at radius 1 is 1.30 bits per heavy atom. The summed E-state index contributed by atoms with van der Waals surface area (Å²) in [5.41, 5.74) is 6.21. The molecule has 0 bridgehead atoms. The number of likely N-dealkylation sites (N-methyl/N-ethyl adjacent to an activating group) is 1. The quantitative estimate of drug-likeness (QED) is 0.717. The number of nitrogens with zero attached hydrogens (tertiary/aromatic N) is 1. The van der Waals surface area contributed by atoms with Crippen molar-refractivity contribution in [2.24, 2.45) is 0 Å². The minimum atomic E-state index is -0.210. The van der Waals surface area contributed by atoms with Crippen LogP contribution >= 0.6 is 0 Å². The number of rotatable bonds is 7. The summed E-state index contributed by atoms with van der Waals surface area (Å²) in [7, 11) is 1.69. The van der Waals surface area contributed by atoms with Crippen molar-refractivity contribution in [3.63, 3.8) is 0 Å². The molecule has 0 spiro atoms. The molecule has 0 heterocycles. The van der Waals surface area contributed by atoms with Gasteiger partial charge in [-0.2, -0.15) is 0 Å². The van der Waals surface area contributed by atoms with E-state index in [-0.39, 0.29) is 31.4 Å². The largest absolute Gasteiger partial charge is 0.493 e. The molecule has 6 heteroatoms. The minimum Gasteiger partial charge on any atom is -0.493 e. The molecule has 1 aromatic carbocycles. The van der Waals surface area contributed by atoms with Crippen LogP contribution in [0.1, 0.15) is 13.3 Å². The summed E-state index contributed by atoms with van der Waals surface area (Å²) >= 11 is 0. The molecule has 0 aliphatic rings. The monoisotopic (exact) mass is 279 g/mol. The zero-order valence-electron chi connectivity index (χ0n) is 11.9. The molecule has 0 atom stereocenters. The van der Waals surface area contributed by atoms with Crippen molar-refractivity contribution in [2.75, 3.05) is 32.5 Å². The van der Waals surface area contributed by atoms with Crippen molar-refractivity contribution in [2.45, 2.75) is 13.3 Å². The number of nitrogens with one attached hydrogen (secondary N) is 1. The number of amides is 2. The Balaban J connectivity index is 2.20. The number of anilines is 1. The van der Waals surface area contributed by atoms with Gasteiger partial charge in [0.05, 0.1) is 19.6 Å². The van der Waals surface area contributed by atoms with Crippen molar-refractivity contribution < 1.29 is 14.3 Å². The average molecular weight is 279 g/mol. The second-order valence-electron chi connectivity index (χ2n) is 4.35. The maximum Gasteiger partial charge on any atom is 0.241 e. The smallest absolute Gasteiger partial charge is 0.241 e. The van der Waals surface area contributed by atoms with Crippen LogP contribution in [0.2, 0.25) is 0 Å². The van der Waals surface area contributed by atoms with E-state index in [1.54, 1.807) is 36.2 Å². The van der Waals surface area contributed by atoms with E-state index in [4.69, 9.17) is 10.5 Å². The third kappa shape index (κ3) is 5.60. The fourth-order valence-electron chi connectivity index (χ4n) is 1.40. The predicted octanol–water partition coefficient (Wildman–Crippen LogP) is 0.632. The average Bonchev–Trinajstić information content (AvgIpc) is 2.46. The summed E-state index contributed by atoms with van der Waals surface area (Å²) in [4.78, 5) is 24.5. The molecule has 20 heavy (non-hydrogen) atoms. The summed E-state index contributed by atoms with van der Waals surface area (Å²) < 4.78 is 5.40. The molecular weight excluding hydrogens is 258 g/mol.